The summed E-state index contributed by atoms with van der Waals surface area (Å²) in [5, 5.41) is 1.64. The predicted molar refractivity (Wildman–Crippen MR) is 132 cm³/mol. The molecule has 2 atom stereocenters. The zero-order valence-corrected chi connectivity index (χ0v) is 22.3. The summed E-state index contributed by atoms with van der Waals surface area (Å²) in [6.45, 7) is 12.8. The molecule has 0 saturated heterocycles. The second-order valence-corrected chi connectivity index (χ2v) is 18.6. The highest BCUT2D eigenvalue weighted by atomic mass is 28.4. The number of hydrogen-bond donors (Lipinski definition) is 0. The normalized spacial score (nSPS) is 19.0. The van der Waals surface area contributed by atoms with Gasteiger partial charge in [0.1, 0.15) is 17.3 Å². The van der Waals surface area contributed by atoms with E-state index >= 15 is 0 Å². The third-order valence-corrected chi connectivity index (χ3v) is 6.15. The van der Waals surface area contributed by atoms with E-state index < -0.39 is 22.9 Å². The first kappa shape index (κ1) is 24.5. The topological polar surface area (TPSA) is 49.4 Å². The van der Waals surface area contributed by atoms with Crippen molar-refractivity contribution in [3.8, 4) is 11.5 Å². The summed E-state index contributed by atoms with van der Waals surface area (Å²) in [4.78, 5) is 0. The Labute approximate surface area is 193 Å². The largest absolute Gasteiger partial charge is 0.497 e. The highest BCUT2D eigenvalue weighted by Gasteiger charge is 2.41. The van der Waals surface area contributed by atoms with Crippen LogP contribution in [-0.2, 0) is 13.8 Å². The average Bonchev–Trinajstić information content (AvgIpc) is 3.17. The maximum Gasteiger partial charge on any atom is 0.215 e. The van der Waals surface area contributed by atoms with Gasteiger partial charge in [-0.2, -0.15) is 0 Å². The summed E-state index contributed by atoms with van der Waals surface area (Å²) in [5.74, 6) is 2.34. The fourth-order valence-corrected chi connectivity index (χ4v) is 4.77. The molecular weight excluding hydrogens is 438 g/mol. The average molecular weight is 474 g/mol. The van der Waals surface area contributed by atoms with E-state index in [1.165, 1.54) is 0 Å². The van der Waals surface area contributed by atoms with Crippen molar-refractivity contribution in [2.45, 2.75) is 51.4 Å². The molecule has 0 unspecified atom stereocenters. The van der Waals surface area contributed by atoms with Crippen molar-refractivity contribution in [1.82, 2.24) is 5.23 Å². The van der Waals surface area contributed by atoms with E-state index in [4.69, 9.17) is 23.3 Å². The number of hydroxylamine groups is 2. The van der Waals surface area contributed by atoms with E-state index in [1.807, 2.05) is 36.4 Å². The van der Waals surface area contributed by atoms with Crippen LogP contribution in [0.25, 0.3) is 5.76 Å². The van der Waals surface area contributed by atoms with Gasteiger partial charge in [-0.15, -0.1) is 0 Å². The van der Waals surface area contributed by atoms with E-state index in [1.54, 1.807) is 19.4 Å². The number of benzene rings is 2. The van der Waals surface area contributed by atoms with Crippen molar-refractivity contribution in [2.75, 3.05) is 14.2 Å². The van der Waals surface area contributed by atoms with Crippen LogP contribution < -0.4 is 9.47 Å². The van der Waals surface area contributed by atoms with Crippen LogP contribution in [0.15, 0.2) is 54.6 Å². The van der Waals surface area contributed by atoms with Gasteiger partial charge >= 0.3 is 0 Å². The van der Waals surface area contributed by atoms with Crippen LogP contribution in [0, 0.1) is 0 Å². The lowest BCUT2D eigenvalue weighted by Gasteiger charge is -2.38. The van der Waals surface area contributed by atoms with Crippen molar-refractivity contribution in [3.63, 3.8) is 0 Å². The summed E-state index contributed by atoms with van der Waals surface area (Å²) >= 11 is 0. The van der Waals surface area contributed by atoms with Crippen LogP contribution in [0.1, 0.15) is 17.0 Å². The minimum Gasteiger partial charge on any atom is -0.497 e. The number of ether oxygens (including phenoxy) is 3. The van der Waals surface area contributed by atoms with Gasteiger partial charge in [0, 0.05) is 5.56 Å². The molecule has 3 rings (SSSR count). The van der Waals surface area contributed by atoms with Gasteiger partial charge in [-0.05, 0) is 92.5 Å². The van der Waals surface area contributed by atoms with Gasteiger partial charge in [-0.3, -0.25) is 0 Å². The maximum atomic E-state index is 6.51. The first-order chi connectivity index (χ1) is 15.0. The van der Waals surface area contributed by atoms with E-state index in [-0.39, 0.29) is 5.92 Å². The van der Waals surface area contributed by atoms with Crippen LogP contribution in [0.3, 0.4) is 0 Å². The van der Waals surface area contributed by atoms with E-state index in [2.05, 4.69) is 57.5 Å². The van der Waals surface area contributed by atoms with Crippen LogP contribution in [0.2, 0.25) is 39.3 Å². The molecule has 8 heteroatoms. The third-order valence-electron chi connectivity index (χ3n) is 4.70. The molecule has 1 aliphatic rings. The Hall–Kier alpha value is -2.11. The molecule has 2 aromatic carbocycles. The molecule has 0 radical (unpaired) electrons. The highest BCUT2D eigenvalue weighted by Crippen LogP contribution is 2.40. The molecule has 2 aromatic rings. The second-order valence-electron chi connectivity index (χ2n) is 9.76. The van der Waals surface area contributed by atoms with Crippen molar-refractivity contribution in [3.05, 3.63) is 65.7 Å². The van der Waals surface area contributed by atoms with Crippen molar-refractivity contribution >= 4 is 22.4 Å². The van der Waals surface area contributed by atoms with E-state index in [9.17, 15) is 0 Å². The molecule has 0 saturated carbocycles. The molecule has 0 bridgehead atoms. The Bertz CT molecular complexity index is 901. The molecular formula is C24H35NO5Si2. The molecule has 0 aromatic heterocycles. The van der Waals surface area contributed by atoms with Gasteiger partial charge in [0.25, 0.3) is 0 Å². The number of methoxy groups -OCH3 is 2. The van der Waals surface area contributed by atoms with Crippen molar-refractivity contribution < 1.29 is 23.3 Å². The van der Waals surface area contributed by atoms with Gasteiger partial charge < -0.3 is 23.3 Å². The number of rotatable bonds is 9. The van der Waals surface area contributed by atoms with Crippen LogP contribution in [0.4, 0.5) is 0 Å². The van der Waals surface area contributed by atoms with Gasteiger partial charge in [0.2, 0.25) is 22.9 Å². The monoisotopic (exact) mass is 473 g/mol. The van der Waals surface area contributed by atoms with Gasteiger partial charge in [-0.25, -0.2) is 0 Å². The molecule has 0 fully saturated rings. The summed E-state index contributed by atoms with van der Waals surface area (Å²) in [5.41, 5.74) is 2.08. The molecule has 0 aliphatic carbocycles. The second kappa shape index (κ2) is 9.80. The zero-order chi connectivity index (χ0) is 23.5. The maximum absolute atomic E-state index is 6.51. The lowest BCUT2D eigenvalue weighted by Crippen LogP contribution is -2.50. The molecule has 1 aliphatic heterocycles. The lowest BCUT2D eigenvalue weighted by molar-refractivity contribution is -0.336. The first-order valence-electron chi connectivity index (χ1n) is 10.8. The molecule has 0 N–H and O–H groups in total. The molecule has 32 heavy (non-hydrogen) atoms. The Morgan fingerprint density at radius 1 is 0.719 bits per heavy atom. The molecule has 0 spiro atoms. The molecule has 174 valence electrons. The Kier molecular flexibility index (Phi) is 7.51. The van der Waals surface area contributed by atoms with E-state index in [0.29, 0.717) is 0 Å². The number of hydrogen-bond acceptors (Lipinski definition) is 6. The summed E-state index contributed by atoms with van der Waals surface area (Å²) in [6.07, 6.45) is 1.70. The van der Waals surface area contributed by atoms with Gasteiger partial charge in [-0.1, -0.05) is 12.1 Å². The minimum atomic E-state index is -1.96. The Morgan fingerprint density at radius 3 is 1.62 bits per heavy atom. The standard InChI is InChI=1S/C24H35NO5Si2/c1-26-20-13-9-18(10-14-20)22-17-23(19-11-15-21(27-2)16-12-19)28-24(22)25(29-31(3,4)5)30-32(6,7)8/h9-17,22,24H,1-8H3/t22-,24+/m1/s1. The zero-order valence-electron chi connectivity index (χ0n) is 20.3. The Morgan fingerprint density at radius 2 is 1.19 bits per heavy atom. The summed E-state index contributed by atoms with van der Waals surface area (Å²) in [6, 6.07) is 15.9. The highest BCUT2D eigenvalue weighted by molar-refractivity contribution is 6.70. The quantitative estimate of drug-likeness (QED) is 0.328. The third kappa shape index (κ3) is 6.46. The first-order valence-corrected chi connectivity index (χ1v) is 17.6. The SMILES string of the molecule is COc1ccc(C2=C[C@H](c3ccc(OC)cc3)[C@@H](N(O[Si](C)(C)C)O[Si](C)(C)C)O2)cc1. The van der Waals surface area contributed by atoms with Gasteiger partial charge in [0.05, 0.1) is 20.1 Å². The van der Waals surface area contributed by atoms with E-state index in [0.717, 1.165) is 28.4 Å². The van der Waals surface area contributed by atoms with Crippen molar-refractivity contribution in [2.24, 2.45) is 0 Å². The fourth-order valence-electron chi connectivity index (χ4n) is 3.33. The molecule has 1 heterocycles. The molecule has 0 amide bonds. The molecule has 6 nitrogen and oxygen atoms in total. The number of nitrogens with zero attached hydrogens (tertiary/aromatic N) is 1. The van der Waals surface area contributed by atoms with Crippen molar-refractivity contribution in [1.29, 1.82) is 0 Å². The summed E-state index contributed by atoms with van der Waals surface area (Å²) in [7, 11) is -0.594. The smallest absolute Gasteiger partial charge is 0.215 e. The summed E-state index contributed by atoms with van der Waals surface area (Å²) < 4.78 is 29.9. The minimum absolute atomic E-state index is 0.0780. The fraction of sp³-hybridized carbons (Fsp3) is 0.417. The predicted octanol–water partition coefficient (Wildman–Crippen LogP) is 6.02. The van der Waals surface area contributed by atoms with Crippen LogP contribution in [-0.4, -0.2) is 42.3 Å². The van der Waals surface area contributed by atoms with Crippen LogP contribution in [0.5, 0.6) is 11.5 Å². The Balaban J connectivity index is 2.00. The van der Waals surface area contributed by atoms with Gasteiger partial charge in [0.15, 0.2) is 0 Å². The lowest BCUT2D eigenvalue weighted by atomic mass is 9.97. The van der Waals surface area contributed by atoms with Crippen LogP contribution >= 0.6 is 0 Å².